The third-order valence-electron chi connectivity index (χ3n) is 4.45. The number of aromatic nitrogens is 1. The molecule has 0 radical (unpaired) electrons. The zero-order valence-electron chi connectivity index (χ0n) is 13.3. The number of pyridine rings is 1. The van der Waals surface area contributed by atoms with Crippen molar-refractivity contribution in [2.24, 2.45) is 17.1 Å². The molecular weight excluding hydrogens is 264 g/mol. The van der Waals surface area contributed by atoms with Crippen molar-refractivity contribution >= 4 is 5.78 Å². The Morgan fingerprint density at radius 2 is 2.10 bits per heavy atom. The molecule has 0 saturated heterocycles. The summed E-state index contributed by atoms with van der Waals surface area (Å²) in [6.07, 6.45) is 7.23. The molecule has 0 atom stereocenters. The second-order valence-corrected chi connectivity index (χ2v) is 6.57. The van der Waals surface area contributed by atoms with Crippen LogP contribution in [0.4, 0.5) is 0 Å². The molecule has 1 aromatic heterocycles. The highest BCUT2D eigenvalue weighted by atomic mass is 16.5. The summed E-state index contributed by atoms with van der Waals surface area (Å²) in [5, 5.41) is 0. The fraction of sp³-hybridized carbons (Fsp3) is 0.647. The average Bonchev–Trinajstić information content (AvgIpc) is 2.47. The zero-order valence-corrected chi connectivity index (χ0v) is 13.3. The van der Waals surface area contributed by atoms with Crippen molar-refractivity contribution in [1.29, 1.82) is 0 Å². The second kappa shape index (κ2) is 6.56. The number of carbonyl (C=O) groups is 1. The molecule has 4 nitrogen and oxygen atoms in total. The van der Waals surface area contributed by atoms with E-state index in [0.29, 0.717) is 23.8 Å². The highest BCUT2D eigenvalue weighted by Crippen LogP contribution is 2.40. The van der Waals surface area contributed by atoms with Crippen molar-refractivity contribution in [3.63, 3.8) is 0 Å². The van der Waals surface area contributed by atoms with E-state index in [-0.39, 0.29) is 11.9 Å². The summed E-state index contributed by atoms with van der Waals surface area (Å²) >= 11 is 0. The number of nitrogens with zero attached hydrogens (tertiary/aromatic N) is 1. The molecule has 4 heteroatoms. The van der Waals surface area contributed by atoms with Gasteiger partial charge in [-0.15, -0.1) is 0 Å². The fourth-order valence-electron chi connectivity index (χ4n) is 3.02. The van der Waals surface area contributed by atoms with E-state index in [4.69, 9.17) is 10.5 Å². The molecule has 0 unspecified atom stereocenters. The molecule has 2 N–H and O–H groups in total. The van der Waals surface area contributed by atoms with Gasteiger partial charge in [-0.3, -0.25) is 9.78 Å². The lowest BCUT2D eigenvalue weighted by molar-refractivity contribution is 0.0694. The lowest BCUT2D eigenvalue weighted by Gasteiger charge is -2.37. The van der Waals surface area contributed by atoms with Gasteiger partial charge in [0, 0.05) is 23.7 Å². The third kappa shape index (κ3) is 3.62. The van der Waals surface area contributed by atoms with E-state index in [1.807, 2.05) is 13.8 Å². The van der Waals surface area contributed by atoms with E-state index in [0.717, 1.165) is 25.7 Å². The van der Waals surface area contributed by atoms with E-state index in [9.17, 15) is 4.79 Å². The maximum Gasteiger partial charge on any atom is 0.171 e. The maximum absolute atomic E-state index is 12.9. The van der Waals surface area contributed by atoms with Crippen LogP contribution in [0.25, 0.3) is 0 Å². The number of nitrogens with two attached hydrogens (primary N) is 1. The summed E-state index contributed by atoms with van der Waals surface area (Å²) in [4.78, 5) is 17.1. The molecule has 21 heavy (non-hydrogen) atoms. The number of Topliss-reactive ketones (excluding diaryl/α,β-unsaturated/α-hetero) is 1. The van der Waals surface area contributed by atoms with Gasteiger partial charge in [-0.05, 0) is 51.5 Å². The Labute approximate surface area is 127 Å². The maximum atomic E-state index is 12.9. The minimum Gasteiger partial charge on any atom is -0.489 e. The largest absolute Gasteiger partial charge is 0.489 e. The van der Waals surface area contributed by atoms with Crippen LogP contribution in [0.2, 0.25) is 0 Å². The predicted octanol–water partition coefficient (Wildman–Crippen LogP) is 3.21. The van der Waals surface area contributed by atoms with Crippen LogP contribution in [0.3, 0.4) is 0 Å². The van der Waals surface area contributed by atoms with Crippen LogP contribution in [0.15, 0.2) is 18.5 Å². The molecular formula is C17H26N2O2. The van der Waals surface area contributed by atoms with Gasteiger partial charge in [-0.2, -0.15) is 0 Å². The predicted molar refractivity (Wildman–Crippen MR) is 83.5 cm³/mol. The normalized spacial score (nSPS) is 25.9. The molecule has 1 saturated carbocycles. The first kappa shape index (κ1) is 16.0. The summed E-state index contributed by atoms with van der Waals surface area (Å²) in [5.74, 6) is 1.46. The van der Waals surface area contributed by atoms with Gasteiger partial charge in [0.25, 0.3) is 0 Å². The van der Waals surface area contributed by atoms with Gasteiger partial charge in [-0.25, -0.2) is 0 Å². The molecule has 1 heterocycles. The molecule has 1 aliphatic rings. The first-order valence-corrected chi connectivity index (χ1v) is 7.83. The number of carbonyl (C=O) groups excluding carboxylic acids is 1. The van der Waals surface area contributed by atoms with E-state index >= 15 is 0 Å². The molecule has 1 fully saturated rings. The van der Waals surface area contributed by atoms with Crippen molar-refractivity contribution in [1.82, 2.24) is 4.98 Å². The summed E-state index contributed by atoms with van der Waals surface area (Å²) < 4.78 is 5.63. The Bertz CT molecular complexity index is 491. The molecule has 0 amide bonds. The van der Waals surface area contributed by atoms with Crippen molar-refractivity contribution in [2.75, 3.05) is 6.54 Å². The minimum absolute atomic E-state index is 0.0659. The molecule has 0 spiro atoms. The SMILES string of the molecule is CC1CCC(CN)(C(=O)c2cncc(OC(C)C)c2)CC1. The summed E-state index contributed by atoms with van der Waals surface area (Å²) in [7, 11) is 0. The van der Waals surface area contributed by atoms with E-state index in [2.05, 4.69) is 11.9 Å². The third-order valence-corrected chi connectivity index (χ3v) is 4.45. The van der Waals surface area contributed by atoms with Crippen molar-refractivity contribution in [2.45, 2.75) is 52.6 Å². The first-order valence-electron chi connectivity index (χ1n) is 7.83. The van der Waals surface area contributed by atoms with E-state index in [1.54, 1.807) is 18.5 Å². The minimum atomic E-state index is -0.412. The number of ether oxygens (including phenoxy) is 1. The molecule has 0 aromatic carbocycles. The van der Waals surface area contributed by atoms with E-state index < -0.39 is 5.41 Å². The molecule has 0 bridgehead atoms. The standard InChI is InChI=1S/C17H26N2O2/c1-12(2)21-15-8-14(9-19-10-15)16(20)17(11-18)6-4-13(3)5-7-17/h8-10,12-13H,4-7,11,18H2,1-3H3. The van der Waals surface area contributed by atoms with Crippen LogP contribution >= 0.6 is 0 Å². The summed E-state index contributed by atoms with van der Waals surface area (Å²) in [6.45, 7) is 6.56. The molecule has 2 rings (SSSR count). The molecule has 0 aliphatic heterocycles. The quantitative estimate of drug-likeness (QED) is 0.846. The highest BCUT2D eigenvalue weighted by molar-refractivity contribution is 6.00. The number of hydrogen-bond acceptors (Lipinski definition) is 4. The van der Waals surface area contributed by atoms with Crippen molar-refractivity contribution in [3.8, 4) is 5.75 Å². The first-order chi connectivity index (χ1) is 9.97. The number of rotatable bonds is 5. The number of ketones is 1. The summed E-state index contributed by atoms with van der Waals surface area (Å²) in [6, 6.07) is 1.80. The van der Waals surface area contributed by atoms with Gasteiger partial charge in [0.15, 0.2) is 5.78 Å². The van der Waals surface area contributed by atoms with Gasteiger partial charge >= 0.3 is 0 Å². The second-order valence-electron chi connectivity index (χ2n) is 6.57. The highest BCUT2D eigenvalue weighted by Gasteiger charge is 2.40. The topological polar surface area (TPSA) is 65.2 Å². The Hall–Kier alpha value is -1.42. The zero-order chi connectivity index (χ0) is 15.5. The van der Waals surface area contributed by atoms with Crippen LogP contribution in [0.1, 0.15) is 56.8 Å². The van der Waals surface area contributed by atoms with Crippen molar-refractivity contribution in [3.05, 3.63) is 24.0 Å². The smallest absolute Gasteiger partial charge is 0.171 e. The lowest BCUT2D eigenvalue weighted by atomic mass is 9.67. The monoisotopic (exact) mass is 290 g/mol. The fourth-order valence-corrected chi connectivity index (χ4v) is 3.02. The Balaban J connectivity index is 2.21. The Morgan fingerprint density at radius 3 is 2.67 bits per heavy atom. The van der Waals surface area contributed by atoms with E-state index in [1.165, 1.54) is 0 Å². The van der Waals surface area contributed by atoms with Gasteiger partial charge < -0.3 is 10.5 Å². The van der Waals surface area contributed by atoms with Gasteiger partial charge in [-0.1, -0.05) is 6.92 Å². The van der Waals surface area contributed by atoms with Gasteiger partial charge in [0.2, 0.25) is 0 Å². The number of hydrogen-bond donors (Lipinski definition) is 1. The Morgan fingerprint density at radius 1 is 1.43 bits per heavy atom. The molecule has 116 valence electrons. The van der Waals surface area contributed by atoms with Crippen LogP contribution in [-0.2, 0) is 0 Å². The molecule has 1 aromatic rings. The van der Waals surface area contributed by atoms with Crippen LogP contribution in [0.5, 0.6) is 5.75 Å². The average molecular weight is 290 g/mol. The van der Waals surface area contributed by atoms with Crippen LogP contribution < -0.4 is 10.5 Å². The van der Waals surface area contributed by atoms with Crippen LogP contribution in [0, 0.1) is 11.3 Å². The Kier molecular flexibility index (Phi) is 4.99. The van der Waals surface area contributed by atoms with Crippen molar-refractivity contribution < 1.29 is 9.53 Å². The van der Waals surface area contributed by atoms with Crippen LogP contribution in [-0.4, -0.2) is 23.4 Å². The van der Waals surface area contributed by atoms with Gasteiger partial charge in [0.05, 0.1) is 12.3 Å². The molecule has 1 aliphatic carbocycles. The van der Waals surface area contributed by atoms with Gasteiger partial charge in [0.1, 0.15) is 5.75 Å². The lowest BCUT2D eigenvalue weighted by Crippen LogP contribution is -2.41. The summed E-state index contributed by atoms with van der Waals surface area (Å²) in [5.41, 5.74) is 6.17.